The lowest BCUT2D eigenvalue weighted by Crippen LogP contribution is -2.04. The fraction of sp³-hybridized carbons (Fsp3) is 0.308. The van der Waals surface area contributed by atoms with E-state index >= 15 is 0 Å². The molecule has 0 atom stereocenters. The quantitative estimate of drug-likeness (QED) is 0.456. The lowest BCUT2D eigenvalue weighted by Gasteiger charge is -2.06. The molecular formula is C13H16O2S. The minimum atomic E-state index is -0.244. The zero-order valence-corrected chi connectivity index (χ0v) is 10.6. The first-order chi connectivity index (χ1) is 7.65. The third kappa shape index (κ3) is 3.74. The van der Waals surface area contributed by atoms with Crippen molar-refractivity contribution in [3.63, 3.8) is 0 Å². The molecule has 0 aliphatic carbocycles. The van der Waals surface area contributed by atoms with E-state index in [1.807, 2.05) is 25.1 Å². The van der Waals surface area contributed by atoms with Gasteiger partial charge in [0.2, 0.25) is 0 Å². The first-order valence-electron chi connectivity index (χ1n) is 5.07. The Morgan fingerprint density at radius 2 is 1.88 bits per heavy atom. The smallest absolute Gasteiger partial charge is 0.333 e. The standard InChI is InChI=1S/C13H16O2S/c1-10(11(2)13(14)15-3)9-16-12-7-5-4-6-8-12/h4-8H,9H2,1-3H3/b11-10+. The normalized spacial score (nSPS) is 11.9. The monoisotopic (exact) mass is 236 g/mol. The Bertz CT molecular complexity index is 382. The SMILES string of the molecule is COC(=O)/C(C)=C(\C)CSc1ccccc1. The maximum absolute atomic E-state index is 11.3. The molecule has 1 aromatic rings. The van der Waals surface area contributed by atoms with Crippen molar-refractivity contribution in [1.82, 2.24) is 0 Å². The maximum Gasteiger partial charge on any atom is 0.333 e. The third-order valence-electron chi connectivity index (χ3n) is 2.33. The number of hydrogen-bond acceptors (Lipinski definition) is 3. The summed E-state index contributed by atoms with van der Waals surface area (Å²) in [6.07, 6.45) is 0. The molecule has 0 N–H and O–H groups in total. The number of hydrogen-bond donors (Lipinski definition) is 0. The van der Waals surface area contributed by atoms with Gasteiger partial charge in [-0.3, -0.25) is 0 Å². The number of rotatable bonds is 4. The van der Waals surface area contributed by atoms with Crippen LogP contribution in [0.5, 0.6) is 0 Å². The molecule has 0 radical (unpaired) electrons. The molecule has 0 fully saturated rings. The van der Waals surface area contributed by atoms with Gasteiger partial charge in [-0.1, -0.05) is 23.8 Å². The lowest BCUT2D eigenvalue weighted by atomic mass is 10.2. The number of benzene rings is 1. The fourth-order valence-electron chi connectivity index (χ4n) is 1.14. The minimum absolute atomic E-state index is 0.244. The molecule has 0 aliphatic heterocycles. The van der Waals surface area contributed by atoms with Crippen molar-refractivity contribution in [2.24, 2.45) is 0 Å². The van der Waals surface area contributed by atoms with Gasteiger partial charge in [-0.2, -0.15) is 0 Å². The molecule has 2 nitrogen and oxygen atoms in total. The van der Waals surface area contributed by atoms with Crippen molar-refractivity contribution in [2.75, 3.05) is 12.9 Å². The van der Waals surface area contributed by atoms with Crippen LogP contribution in [0.4, 0.5) is 0 Å². The van der Waals surface area contributed by atoms with Crippen LogP contribution in [0, 0.1) is 0 Å². The second kappa shape index (κ2) is 6.38. The van der Waals surface area contributed by atoms with Gasteiger partial charge in [0.25, 0.3) is 0 Å². The van der Waals surface area contributed by atoms with Crippen LogP contribution in [0.2, 0.25) is 0 Å². The average Bonchev–Trinajstić information content (AvgIpc) is 2.35. The third-order valence-corrected chi connectivity index (χ3v) is 3.51. The number of methoxy groups -OCH3 is 1. The van der Waals surface area contributed by atoms with Crippen LogP contribution in [0.25, 0.3) is 0 Å². The Kier molecular flexibility index (Phi) is 5.12. The molecule has 0 heterocycles. The zero-order chi connectivity index (χ0) is 12.0. The summed E-state index contributed by atoms with van der Waals surface area (Å²) in [5, 5.41) is 0. The highest BCUT2D eigenvalue weighted by molar-refractivity contribution is 7.99. The molecule has 0 amide bonds. The number of esters is 1. The summed E-state index contributed by atoms with van der Waals surface area (Å²) in [5.41, 5.74) is 1.76. The summed E-state index contributed by atoms with van der Waals surface area (Å²) >= 11 is 1.72. The molecule has 0 bridgehead atoms. The summed E-state index contributed by atoms with van der Waals surface area (Å²) in [6.45, 7) is 3.76. The van der Waals surface area contributed by atoms with E-state index in [4.69, 9.17) is 0 Å². The number of thioether (sulfide) groups is 1. The molecule has 1 aromatic carbocycles. The largest absolute Gasteiger partial charge is 0.466 e. The molecule has 1 rings (SSSR count). The van der Waals surface area contributed by atoms with Crippen molar-refractivity contribution >= 4 is 17.7 Å². The molecule has 16 heavy (non-hydrogen) atoms. The van der Waals surface area contributed by atoms with Gasteiger partial charge in [0.15, 0.2) is 0 Å². The van der Waals surface area contributed by atoms with Crippen LogP contribution < -0.4 is 0 Å². The molecule has 0 aliphatic rings. The van der Waals surface area contributed by atoms with Gasteiger partial charge in [0.05, 0.1) is 7.11 Å². The van der Waals surface area contributed by atoms with Crippen LogP contribution in [-0.2, 0) is 9.53 Å². The van der Waals surface area contributed by atoms with Gasteiger partial charge >= 0.3 is 5.97 Å². The lowest BCUT2D eigenvalue weighted by molar-refractivity contribution is -0.136. The summed E-state index contributed by atoms with van der Waals surface area (Å²) in [6, 6.07) is 10.1. The fourth-order valence-corrected chi connectivity index (χ4v) is 2.09. The maximum atomic E-state index is 11.3. The van der Waals surface area contributed by atoms with E-state index in [1.54, 1.807) is 18.7 Å². The number of carbonyl (C=O) groups excluding carboxylic acids is 1. The van der Waals surface area contributed by atoms with Crippen LogP contribution in [-0.4, -0.2) is 18.8 Å². The predicted octanol–water partition coefficient (Wildman–Crippen LogP) is 3.29. The Balaban J connectivity index is 2.59. The Morgan fingerprint density at radius 1 is 1.25 bits per heavy atom. The molecule has 0 aromatic heterocycles. The van der Waals surface area contributed by atoms with Crippen molar-refractivity contribution in [2.45, 2.75) is 18.7 Å². The first kappa shape index (κ1) is 12.8. The average molecular weight is 236 g/mol. The van der Waals surface area contributed by atoms with E-state index in [1.165, 1.54) is 12.0 Å². The number of ether oxygens (including phenoxy) is 1. The van der Waals surface area contributed by atoms with Crippen LogP contribution in [0.1, 0.15) is 13.8 Å². The Morgan fingerprint density at radius 3 is 2.44 bits per heavy atom. The zero-order valence-electron chi connectivity index (χ0n) is 9.82. The van der Waals surface area contributed by atoms with E-state index < -0.39 is 0 Å². The second-order valence-electron chi connectivity index (χ2n) is 3.50. The Hall–Kier alpha value is -1.22. The predicted molar refractivity (Wildman–Crippen MR) is 67.6 cm³/mol. The molecule has 86 valence electrons. The topological polar surface area (TPSA) is 26.3 Å². The highest BCUT2D eigenvalue weighted by Gasteiger charge is 2.07. The van der Waals surface area contributed by atoms with E-state index in [0.717, 1.165) is 11.3 Å². The van der Waals surface area contributed by atoms with Gasteiger partial charge in [-0.25, -0.2) is 4.79 Å². The van der Waals surface area contributed by atoms with E-state index in [2.05, 4.69) is 16.9 Å². The van der Waals surface area contributed by atoms with Crippen LogP contribution >= 0.6 is 11.8 Å². The molecule has 0 saturated carbocycles. The summed E-state index contributed by atoms with van der Waals surface area (Å²) in [4.78, 5) is 12.5. The summed E-state index contributed by atoms with van der Waals surface area (Å²) in [5.74, 6) is 0.566. The molecule has 3 heteroatoms. The van der Waals surface area contributed by atoms with Crippen molar-refractivity contribution in [3.05, 3.63) is 41.5 Å². The number of carbonyl (C=O) groups is 1. The first-order valence-corrected chi connectivity index (χ1v) is 6.06. The van der Waals surface area contributed by atoms with E-state index in [0.29, 0.717) is 5.57 Å². The molecular weight excluding hydrogens is 220 g/mol. The van der Waals surface area contributed by atoms with Crippen LogP contribution in [0.3, 0.4) is 0 Å². The van der Waals surface area contributed by atoms with Gasteiger partial charge in [0, 0.05) is 16.2 Å². The van der Waals surface area contributed by atoms with Gasteiger partial charge < -0.3 is 4.74 Å². The van der Waals surface area contributed by atoms with Gasteiger partial charge in [0.1, 0.15) is 0 Å². The van der Waals surface area contributed by atoms with E-state index in [-0.39, 0.29) is 5.97 Å². The highest BCUT2D eigenvalue weighted by atomic mass is 32.2. The molecule has 0 unspecified atom stereocenters. The van der Waals surface area contributed by atoms with E-state index in [9.17, 15) is 4.79 Å². The van der Waals surface area contributed by atoms with Crippen molar-refractivity contribution in [1.29, 1.82) is 0 Å². The summed E-state index contributed by atoms with van der Waals surface area (Å²) in [7, 11) is 1.41. The molecule has 0 spiro atoms. The Labute approximate surface area is 101 Å². The molecule has 0 saturated heterocycles. The highest BCUT2D eigenvalue weighted by Crippen LogP contribution is 2.21. The van der Waals surface area contributed by atoms with Gasteiger partial charge in [-0.15, -0.1) is 11.8 Å². The van der Waals surface area contributed by atoms with Crippen molar-refractivity contribution in [3.8, 4) is 0 Å². The van der Waals surface area contributed by atoms with Gasteiger partial charge in [-0.05, 0) is 26.0 Å². The minimum Gasteiger partial charge on any atom is -0.466 e. The van der Waals surface area contributed by atoms with Crippen molar-refractivity contribution < 1.29 is 9.53 Å². The second-order valence-corrected chi connectivity index (χ2v) is 4.55. The summed E-state index contributed by atoms with van der Waals surface area (Å²) < 4.78 is 4.68. The van der Waals surface area contributed by atoms with Crippen LogP contribution in [0.15, 0.2) is 46.4 Å².